The highest BCUT2D eigenvalue weighted by Crippen LogP contribution is 2.47. The number of anilines is 1. The van der Waals surface area contributed by atoms with Gasteiger partial charge in [-0.25, -0.2) is 15.0 Å². The number of carbonyl (C=O) groups excluding carboxylic acids is 2. The van der Waals surface area contributed by atoms with Crippen LogP contribution in [0.4, 0.5) is 28.6 Å². The van der Waals surface area contributed by atoms with Gasteiger partial charge in [0.15, 0.2) is 5.75 Å². The second-order valence-electron chi connectivity index (χ2n) is 11.0. The van der Waals surface area contributed by atoms with Gasteiger partial charge >= 0.3 is 27.8 Å². The lowest BCUT2D eigenvalue weighted by molar-refractivity contribution is -0.0499. The van der Waals surface area contributed by atoms with Crippen LogP contribution in [0, 0.1) is 0 Å². The molecule has 0 spiro atoms. The number of alkyl halides is 3. The molecule has 262 valence electrons. The maximum absolute atomic E-state index is 13.9. The van der Waals surface area contributed by atoms with Gasteiger partial charge in [-0.2, -0.15) is 26.6 Å². The molecule has 0 radical (unpaired) electrons. The van der Waals surface area contributed by atoms with E-state index in [1.807, 2.05) is 0 Å². The largest absolute Gasteiger partial charge is 0.534 e. The number of nitrogens with one attached hydrogen (secondary N) is 2. The van der Waals surface area contributed by atoms with Crippen LogP contribution in [0.25, 0.3) is 32.8 Å². The van der Waals surface area contributed by atoms with Gasteiger partial charge in [0.1, 0.15) is 24.8 Å². The minimum Gasteiger partial charge on any atom is -0.497 e. The van der Waals surface area contributed by atoms with Gasteiger partial charge in [-0.3, -0.25) is 0 Å². The van der Waals surface area contributed by atoms with Crippen molar-refractivity contribution in [2.24, 2.45) is 0 Å². The molecule has 1 aromatic heterocycles. The van der Waals surface area contributed by atoms with Gasteiger partial charge in [-0.15, -0.1) is 0 Å². The molecule has 1 heterocycles. The molecule has 51 heavy (non-hydrogen) atoms. The Bertz CT molecular complexity index is 2320. The first kappa shape index (κ1) is 34.6. The molecule has 0 saturated carbocycles. The van der Waals surface area contributed by atoms with E-state index in [1.54, 1.807) is 97.1 Å². The zero-order valence-electron chi connectivity index (χ0n) is 26.6. The van der Waals surface area contributed by atoms with Crippen molar-refractivity contribution >= 4 is 49.8 Å². The molecule has 6 rings (SSSR count). The summed E-state index contributed by atoms with van der Waals surface area (Å²) in [6.45, 7) is -0.397. The molecule has 2 N–H and O–H groups in total. The van der Waals surface area contributed by atoms with Gasteiger partial charge in [0.2, 0.25) is 0 Å². The summed E-state index contributed by atoms with van der Waals surface area (Å²) in [6.07, 6.45) is -2.21. The molecule has 0 atom stereocenters. The number of carbonyl (C=O) groups is 2. The van der Waals surface area contributed by atoms with Crippen LogP contribution < -0.4 is 19.4 Å². The van der Waals surface area contributed by atoms with Crippen LogP contribution in [0.5, 0.6) is 11.5 Å². The maximum atomic E-state index is 13.9. The van der Waals surface area contributed by atoms with Crippen molar-refractivity contribution in [3.05, 3.63) is 126 Å². The molecule has 0 unspecified atom stereocenters. The number of nitrogens with zero attached hydrogens (tertiary/aromatic N) is 1. The summed E-state index contributed by atoms with van der Waals surface area (Å²) in [5.74, 6) is -0.651. The Labute approximate surface area is 289 Å². The molecule has 2 amide bonds. The minimum atomic E-state index is -6.18. The standard InChI is InChI=1S/C36H28F3N3O8S/c1-47-26-18-16-25-17-19-30(50-51(45,46)36(37,38)39)31(28(25)20-26)32-27-14-8-9-15-29(27)40-33(32)42(35(44)49-22-24-12-6-3-7-13-24)41-34(43)48-21-23-10-4-2-5-11-23/h2-20,40H,21-22H2,1H3,(H,41,43). The number of aromatic amines is 1. The van der Waals surface area contributed by atoms with Crippen molar-refractivity contribution in [2.75, 3.05) is 12.1 Å². The van der Waals surface area contributed by atoms with E-state index in [9.17, 15) is 31.2 Å². The smallest absolute Gasteiger partial charge is 0.497 e. The monoisotopic (exact) mass is 719 g/mol. The fourth-order valence-electron chi connectivity index (χ4n) is 5.27. The molecule has 0 bridgehead atoms. The summed E-state index contributed by atoms with van der Waals surface area (Å²) >= 11 is 0. The number of amides is 2. The maximum Gasteiger partial charge on any atom is 0.534 e. The van der Waals surface area contributed by atoms with E-state index in [0.717, 1.165) is 6.07 Å². The minimum absolute atomic E-state index is 0.0168. The van der Waals surface area contributed by atoms with Crippen molar-refractivity contribution in [1.82, 2.24) is 10.4 Å². The van der Waals surface area contributed by atoms with Crippen molar-refractivity contribution in [3.8, 4) is 22.6 Å². The number of para-hydroxylation sites is 1. The SMILES string of the molecule is COc1ccc2ccc(OS(=O)(=O)C(F)(F)F)c(-c3c(N(NC(=O)OCc4ccccc4)C(=O)OCc4ccccc4)[nH]c4ccccc34)c2c1. The number of aromatic nitrogens is 1. The van der Waals surface area contributed by atoms with Gasteiger partial charge < -0.3 is 23.4 Å². The summed E-state index contributed by atoms with van der Waals surface area (Å²) in [5.41, 5.74) is -1.97. The number of methoxy groups -OCH3 is 1. The quantitative estimate of drug-likeness (QED) is 0.0867. The average Bonchev–Trinajstić information content (AvgIpc) is 3.50. The van der Waals surface area contributed by atoms with Crippen molar-refractivity contribution < 1.29 is 49.6 Å². The zero-order valence-corrected chi connectivity index (χ0v) is 27.5. The lowest BCUT2D eigenvalue weighted by atomic mass is 9.95. The molecule has 15 heteroatoms. The molecule has 0 aliphatic rings. The number of halogens is 3. The predicted molar refractivity (Wildman–Crippen MR) is 182 cm³/mol. The molecule has 5 aromatic carbocycles. The van der Waals surface area contributed by atoms with Crippen LogP contribution in [-0.2, 0) is 32.8 Å². The highest BCUT2D eigenvalue weighted by atomic mass is 32.2. The summed E-state index contributed by atoms with van der Waals surface area (Å²) < 4.78 is 87.0. The number of hydrogen-bond acceptors (Lipinski definition) is 8. The Hall–Kier alpha value is -6.22. The summed E-state index contributed by atoms with van der Waals surface area (Å²) in [5, 5.41) is 1.66. The van der Waals surface area contributed by atoms with Crippen molar-refractivity contribution in [3.63, 3.8) is 0 Å². The van der Waals surface area contributed by atoms with Gasteiger partial charge in [-0.1, -0.05) is 91.0 Å². The summed E-state index contributed by atoms with van der Waals surface area (Å²) in [4.78, 5) is 30.2. The number of rotatable bonds is 9. The van der Waals surface area contributed by atoms with E-state index in [4.69, 9.17) is 18.4 Å². The Morgan fingerprint density at radius 1 is 0.765 bits per heavy atom. The molecule has 0 fully saturated rings. The first-order chi connectivity index (χ1) is 24.4. The summed E-state index contributed by atoms with van der Waals surface area (Å²) in [6, 6.07) is 31.0. The number of fused-ring (bicyclic) bond motifs is 2. The zero-order chi connectivity index (χ0) is 36.2. The van der Waals surface area contributed by atoms with Crippen LogP contribution in [0.1, 0.15) is 11.1 Å². The molecule has 0 saturated heterocycles. The first-order valence-corrected chi connectivity index (χ1v) is 16.6. The number of hydrogen-bond donors (Lipinski definition) is 2. The topological polar surface area (TPSA) is 136 Å². The molecule has 11 nitrogen and oxygen atoms in total. The van der Waals surface area contributed by atoms with Crippen LogP contribution in [0.2, 0.25) is 0 Å². The first-order valence-electron chi connectivity index (χ1n) is 15.2. The van der Waals surface area contributed by atoms with E-state index in [-0.39, 0.29) is 41.3 Å². The third kappa shape index (κ3) is 7.52. The van der Waals surface area contributed by atoms with Gasteiger partial charge in [0.25, 0.3) is 0 Å². The molecule has 0 aliphatic heterocycles. The normalized spacial score (nSPS) is 11.6. The Kier molecular flexibility index (Phi) is 9.73. The van der Waals surface area contributed by atoms with Crippen LogP contribution in [0.3, 0.4) is 0 Å². The van der Waals surface area contributed by atoms with E-state index in [0.29, 0.717) is 32.4 Å². The van der Waals surface area contributed by atoms with E-state index >= 15 is 0 Å². The average molecular weight is 720 g/mol. The Morgan fingerprint density at radius 3 is 2.02 bits per heavy atom. The number of ether oxygens (including phenoxy) is 3. The Morgan fingerprint density at radius 2 is 1.37 bits per heavy atom. The molecule has 6 aromatic rings. The molecular weight excluding hydrogens is 691 g/mol. The fourth-order valence-corrected chi connectivity index (χ4v) is 5.74. The third-order valence-corrected chi connectivity index (χ3v) is 8.60. The van der Waals surface area contributed by atoms with Gasteiger partial charge in [0, 0.05) is 22.0 Å². The lowest BCUT2D eigenvalue weighted by Gasteiger charge is -2.24. The highest BCUT2D eigenvalue weighted by molar-refractivity contribution is 7.88. The van der Waals surface area contributed by atoms with Crippen molar-refractivity contribution in [1.29, 1.82) is 0 Å². The Balaban J connectivity index is 1.54. The van der Waals surface area contributed by atoms with E-state index in [2.05, 4.69) is 10.4 Å². The van der Waals surface area contributed by atoms with Gasteiger partial charge in [-0.05, 0) is 46.2 Å². The predicted octanol–water partition coefficient (Wildman–Crippen LogP) is 8.21. The van der Waals surface area contributed by atoms with Gasteiger partial charge in [0.05, 0.1) is 7.11 Å². The van der Waals surface area contributed by atoms with E-state index < -0.39 is 33.6 Å². The molecular formula is C36H28F3N3O8S. The third-order valence-electron chi connectivity index (χ3n) is 7.64. The van der Waals surface area contributed by atoms with Crippen LogP contribution in [0.15, 0.2) is 115 Å². The lowest BCUT2D eigenvalue weighted by Crippen LogP contribution is -2.47. The second kappa shape index (κ2) is 14.3. The summed E-state index contributed by atoms with van der Waals surface area (Å²) in [7, 11) is -4.80. The van der Waals surface area contributed by atoms with Crippen molar-refractivity contribution in [2.45, 2.75) is 18.7 Å². The second-order valence-corrected chi connectivity index (χ2v) is 12.5. The van der Waals surface area contributed by atoms with Crippen LogP contribution in [-0.4, -0.2) is 38.2 Å². The highest BCUT2D eigenvalue weighted by Gasteiger charge is 2.49. The number of benzene rings is 5. The van der Waals surface area contributed by atoms with E-state index in [1.165, 1.54) is 19.2 Å². The fraction of sp³-hybridized carbons (Fsp3) is 0.111. The number of H-pyrrole nitrogens is 1. The molecule has 0 aliphatic carbocycles. The number of hydrazine groups is 1. The van der Waals surface area contributed by atoms with Crippen LogP contribution >= 0.6 is 0 Å².